The molecular weight excluding hydrogens is 461 g/mol. The number of likely N-dealkylation sites (tertiary alicyclic amines) is 1. The third-order valence-corrected chi connectivity index (χ3v) is 9.35. The van der Waals surface area contributed by atoms with E-state index in [0.29, 0.717) is 37.7 Å². The fourth-order valence-corrected chi connectivity index (χ4v) is 6.98. The van der Waals surface area contributed by atoms with Crippen molar-refractivity contribution in [1.82, 2.24) is 19.4 Å². The van der Waals surface area contributed by atoms with Gasteiger partial charge in [0, 0.05) is 24.3 Å². The molecule has 2 fully saturated rings. The van der Waals surface area contributed by atoms with E-state index in [1.54, 1.807) is 6.33 Å². The first-order valence-electron chi connectivity index (χ1n) is 12.8. The van der Waals surface area contributed by atoms with Gasteiger partial charge in [-0.3, -0.25) is 4.57 Å². The van der Waals surface area contributed by atoms with Crippen LogP contribution in [0.5, 0.6) is 0 Å². The summed E-state index contributed by atoms with van der Waals surface area (Å²) in [5, 5.41) is 0.908. The number of benzene rings is 1. The molecule has 8 nitrogen and oxygen atoms in total. The number of rotatable bonds is 11. The first-order valence-corrected chi connectivity index (χ1v) is 14.5. The van der Waals surface area contributed by atoms with E-state index >= 15 is 0 Å². The molecule has 3 aromatic rings. The van der Waals surface area contributed by atoms with Gasteiger partial charge >= 0.3 is 7.60 Å². The van der Waals surface area contributed by atoms with Gasteiger partial charge in [-0.25, -0.2) is 9.97 Å². The van der Waals surface area contributed by atoms with E-state index in [1.807, 2.05) is 19.9 Å². The first-order chi connectivity index (χ1) is 17.0. The molecule has 1 saturated heterocycles. The summed E-state index contributed by atoms with van der Waals surface area (Å²) >= 11 is 0. The molecule has 1 aromatic carbocycles. The summed E-state index contributed by atoms with van der Waals surface area (Å²) in [7, 11) is -3.09. The molecule has 188 valence electrons. The molecule has 1 saturated carbocycles. The van der Waals surface area contributed by atoms with E-state index in [9.17, 15) is 4.57 Å². The van der Waals surface area contributed by atoms with Gasteiger partial charge in [-0.1, -0.05) is 24.3 Å². The molecule has 0 radical (unpaired) electrons. The zero-order valence-electron chi connectivity index (χ0n) is 20.7. The highest BCUT2D eigenvalue weighted by molar-refractivity contribution is 7.53. The molecule has 0 spiro atoms. The third kappa shape index (κ3) is 5.17. The minimum Gasteiger partial charge on any atom is -0.383 e. The minimum atomic E-state index is -3.09. The fourth-order valence-electron chi connectivity index (χ4n) is 5.33. The Hall–Kier alpha value is -2.25. The van der Waals surface area contributed by atoms with Gasteiger partial charge in [0.2, 0.25) is 0 Å². The number of aromatic nitrogens is 3. The second-order valence-electron chi connectivity index (χ2n) is 9.67. The van der Waals surface area contributed by atoms with Crippen molar-refractivity contribution < 1.29 is 13.6 Å². The van der Waals surface area contributed by atoms with Crippen LogP contribution in [0.2, 0.25) is 0 Å². The second-order valence-corrected chi connectivity index (χ2v) is 11.9. The Labute approximate surface area is 207 Å². The number of fused-ring (bicyclic) bond motifs is 1. The van der Waals surface area contributed by atoms with Crippen molar-refractivity contribution in [2.45, 2.75) is 45.6 Å². The zero-order chi connectivity index (χ0) is 24.4. The molecule has 2 aromatic heterocycles. The summed E-state index contributed by atoms with van der Waals surface area (Å²) in [6, 6.07) is 8.76. The summed E-state index contributed by atoms with van der Waals surface area (Å²) in [5.41, 5.74) is 10.5. The van der Waals surface area contributed by atoms with Crippen molar-refractivity contribution in [1.29, 1.82) is 0 Å². The predicted molar refractivity (Wildman–Crippen MR) is 140 cm³/mol. The monoisotopic (exact) mass is 497 g/mol. The van der Waals surface area contributed by atoms with Crippen molar-refractivity contribution in [2.24, 2.45) is 5.92 Å². The van der Waals surface area contributed by atoms with Crippen LogP contribution in [0.3, 0.4) is 0 Å². The van der Waals surface area contributed by atoms with E-state index < -0.39 is 7.60 Å². The van der Waals surface area contributed by atoms with Crippen LogP contribution in [-0.4, -0.2) is 58.4 Å². The van der Waals surface area contributed by atoms with Crippen LogP contribution in [0.4, 0.5) is 5.82 Å². The van der Waals surface area contributed by atoms with Gasteiger partial charge in [-0.15, -0.1) is 0 Å². The quantitative estimate of drug-likeness (QED) is 0.366. The number of nitrogen functional groups attached to an aromatic ring is 1. The third-order valence-electron chi connectivity index (χ3n) is 7.27. The Morgan fingerprint density at radius 1 is 1.14 bits per heavy atom. The Bertz CT molecular complexity index is 1210. The maximum atomic E-state index is 12.9. The topological polar surface area (TPSA) is 95.5 Å². The van der Waals surface area contributed by atoms with Crippen LogP contribution in [0.1, 0.15) is 44.7 Å². The maximum Gasteiger partial charge on any atom is 0.330 e. The lowest BCUT2D eigenvalue weighted by molar-refractivity contribution is 0.0921. The highest BCUT2D eigenvalue weighted by Crippen LogP contribution is 2.48. The lowest BCUT2D eigenvalue weighted by atomic mass is 9.79. The van der Waals surface area contributed by atoms with Crippen molar-refractivity contribution in [3.05, 3.63) is 42.4 Å². The van der Waals surface area contributed by atoms with Gasteiger partial charge in [0.05, 0.1) is 24.8 Å². The molecule has 9 heteroatoms. The van der Waals surface area contributed by atoms with Crippen molar-refractivity contribution in [3.8, 4) is 11.1 Å². The molecule has 0 amide bonds. The summed E-state index contributed by atoms with van der Waals surface area (Å²) in [4.78, 5) is 11.5. The normalized spacial score (nSPS) is 20.6. The molecule has 1 aliphatic heterocycles. The average Bonchev–Trinajstić information content (AvgIpc) is 3.17. The first kappa shape index (κ1) is 24.4. The van der Waals surface area contributed by atoms with E-state index in [4.69, 9.17) is 14.8 Å². The van der Waals surface area contributed by atoms with Gasteiger partial charge < -0.3 is 24.2 Å². The van der Waals surface area contributed by atoms with Gasteiger partial charge in [0.15, 0.2) is 0 Å². The molecule has 5 rings (SSSR count). The largest absolute Gasteiger partial charge is 0.383 e. The summed E-state index contributed by atoms with van der Waals surface area (Å²) in [6.45, 7) is 8.14. The molecule has 0 atom stereocenters. The summed E-state index contributed by atoms with van der Waals surface area (Å²) in [6.07, 6.45) is 8.41. The molecule has 1 aliphatic carbocycles. The molecule has 0 bridgehead atoms. The fraction of sp³-hybridized carbons (Fsp3) is 0.538. The van der Waals surface area contributed by atoms with Crippen molar-refractivity contribution in [3.63, 3.8) is 0 Å². The van der Waals surface area contributed by atoms with Crippen LogP contribution in [0.25, 0.3) is 22.2 Å². The Morgan fingerprint density at radius 3 is 2.60 bits per heavy atom. The smallest absolute Gasteiger partial charge is 0.330 e. The standard InChI is InChI=1S/C26H36N5O3P/c1-3-33-35(32,34-4-2)12-9-19-7-5-8-21(13-19)23-17-31(26-24(23)25(27)28-18-29-26)22-14-20(15-22)16-30-10-6-11-30/h5,7-8,13,17-18,20,22H,3-4,6,9-12,14-16H2,1-2H3,(H2,27,28,29)/t20-,22+. The molecule has 0 unspecified atom stereocenters. The highest BCUT2D eigenvalue weighted by atomic mass is 31.2. The van der Waals surface area contributed by atoms with E-state index in [0.717, 1.165) is 33.6 Å². The van der Waals surface area contributed by atoms with E-state index in [-0.39, 0.29) is 0 Å². The van der Waals surface area contributed by atoms with Crippen LogP contribution in [0, 0.1) is 5.92 Å². The number of hydrogen-bond acceptors (Lipinski definition) is 7. The molecule has 2 aliphatic rings. The zero-order valence-corrected chi connectivity index (χ0v) is 21.6. The van der Waals surface area contributed by atoms with Crippen molar-refractivity contribution >= 4 is 24.4 Å². The molecule has 3 heterocycles. The number of nitrogens with two attached hydrogens (primary N) is 1. The Morgan fingerprint density at radius 2 is 1.91 bits per heavy atom. The predicted octanol–water partition coefficient (Wildman–Crippen LogP) is 5.15. The lowest BCUT2D eigenvalue weighted by Gasteiger charge is -2.42. The summed E-state index contributed by atoms with van der Waals surface area (Å²) in [5.74, 6) is 1.26. The van der Waals surface area contributed by atoms with Gasteiger partial charge in [-0.2, -0.15) is 0 Å². The van der Waals surface area contributed by atoms with Crippen LogP contribution >= 0.6 is 7.60 Å². The van der Waals surface area contributed by atoms with Crippen LogP contribution in [0.15, 0.2) is 36.8 Å². The van der Waals surface area contributed by atoms with Gasteiger partial charge in [0.25, 0.3) is 0 Å². The lowest BCUT2D eigenvalue weighted by Crippen LogP contribution is -2.43. The highest BCUT2D eigenvalue weighted by Gasteiger charge is 2.34. The SMILES string of the molecule is CCOP(=O)(CCc1cccc(-c2cn([C@H]3C[C@@H](CN4CCC4)C3)c3ncnc(N)c23)c1)OCC. The summed E-state index contributed by atoms with van der Waals surface area (Å²) < 4.78 is 26.1. The number of aryl methyl sites for hydroxylation is 1. The van der Waals surface area contributed by atoms with Gasteiger partial charge in [0.1, 0.15) is 17.8 Å². The van der Waals surface area contributed by atoms with Crippen LogP contribution < -0.4 is 5.73 Å². The van der Waals surface area contributed by atoms with E-state index in [2.05, 4.69) is 43.8 Å². The molecule has 35 heavy (non-hydrogen) atoms. The average molecular weight is 498 g/mol. The number of hydrogen-bond donors (Lipinski definition) is 1. The van der Waals surface area contributed by atoms with Crippen LogP contribution in [-0.2, 0) is 20.0 Å². The Kier molecular flexibility index (Phi) is 7.26. The van der Waals surface area contributed by atoms with E-state index in [1.165, 1.54) is 38.9 Å². The minimum absolute atomic E-state index is 0.353. The molecule has 2 N–H and O–H groups in total. The van der Waals surface area contributed by atoms with Gasteiger partial charge in [-0.05, 0) is 69.7 Å². The van der Waals surface area contributed by atoms with Crippen molar-refractivity contribution in [2.75, 3.05) is 44.7 Å². The Balaban J connectivity index is 1.38. The number of nitrogens with zero attached hydrogens (tertiary/aromatic N) is 4. The molecular formula is C26H36N5O3P. The maximum absolute atomic E-state index is 12.9. The second kappa shape index (κ2) is 10.4. The number of anilines is 1.